The van der Waals surface area contributed by atoms with E-state index in [-0.39, 0.29) is 55.9 Å². The van der Waals surface area contributed by atoms with Crippen molar-refractivity contribution in [2.75, 3.05) is 39.3 Å². The molecule has 3 heterocycles. The van der Waals surface area contributed by atoms with Gasteiger partial charge in [0.1, 0.15) is 11.6 Å². The molecular weight excluding hydrogens is 439 g/mol. The highest BCUT2D eigenvalue weighted by Crippen LogP contribution is 2.19. The van der Waals surface area contributed by atoms with Gasteiger partial charge < -0.3 is 9.64 Å². The minimum Gasteiger partial charge on any atom is -0.373 e. The summed E-state index contributed by atoms with van der Waals surface area (Å²) < 4.78 is 49.3. The molecule has 1 aromatic heterocycles. The number of piperazine rings is 1. The van der Waals surface area contributed by atoms with E-state index in [1.54, 1.807) is 24.0 Å². The number of halogens is 1. The predicted octanol–water partition coefficient (Wildman–Crippen LogP) is 0.827. The van der Waals surface area contributed by atoms with Crippen molar-refractivity contribution in [3.8, 4) is 5.69 Å². The molecule has 0 N–H and O–H groups in total. The Hall–Kier alpha value is -2.41. The Kier molecular flexibility index (Phi) is 6.30. The maximum Gasteiger partial charge on any atom is 0.293 e. The van der Waals surface area contributed by atoms with Crippen LogP contribution < -0.4 is 0 Å². The third-order valence-electron chi connectivity index (χ3n) is 5.60. The fraction of sp³-hybridized carbons (Fsp3) is 0.550. The monoisotopic (exact) mass is 466 g/mol. The largest absolute Gasteiger partial charge is 0.373 e. The number of carbonyl (C=O) groups excluding carboxylic acids is 1. The molecule has 174 valence electrons. The Bertz CT molecular complexity index is 1070. The Balaban J connectivity index is 1.42. The Labute approximate surface area is 186 Å². The van der Waals surface area contributed by atoms with Crippen LogP contribution in [0, 0.1) is 12.7 Å². The smallest absolute Gasteiger partial charge is 0.293 e. The highest BCUT2D eigenvalue weighted by Gasteiger charge is 2.37. The van der Waals surface area contributed by atoms with E-state index in [1.807, 2.05) is 13.8 Å². The first-order valence-electron chi connectivity index (χ1n) is 10.5. The van der Waals surface area contributed by atoms with Gasteiger partial charge in [-0.05, 0) is 45.0 Å². The lowest BCUT2D eigenvalue weighted by atomic mass is 10.3. The number of rotatable bonds is 4. The van der Waals surface area contributed by atoms with E-state index in [2.05, 4.69) is 10.1 Å². The fourth-order valence-corrected chi connectivity index (χ4v) is 5.80. The van der Waals surface area contributed by atoms with Gasteiger partial charge in [0.05, 0.1) is 17.9 Å². The molecule has 0 bridgehead atoms. The number of amides is 1. The zero-order valence-electron chi connectivity index (χ0n) is 18.3. The molecule has 2 atom stereocenters. The molecule has 2 aromatic rings. The molecule has 1 aromatic carbocycles. The van der Waals surface area contributed by atoms with Gasteiger partial charge in [-0.15, -0.1) is 5.10 Å². The van der Waals surface area contributed by atoms with E-state index in [1.165, 1.54) is 25.4 Å². The third-order valence-corrected chi connectivity index (χ3v) is 7.56. The van der Waals surface area contributed by atoms with Gasteiger partial charge >= 0.3 is 0 Å². The van der Waals surface area contributed by atoms with E-state index < -0.39 is 10.2 Å². The average Bonchev–Trinajstić information content (AvgIpc) is 3.15. The van der Waals surface area contributed by atoms with Crippen molar-refractivity contribution in [1.29, 1.82) is 0 Å². The van der Waals surface area contributed by atoms with Crippen LogP contribution in [-0.4, -0.2) is 94.1 Å². The van der Waals surface area contributed by atoms with Gasteiger partial charge in [0.15, 0.2) is 0 Å². The summed E-state index contributed by atoms with van der Waals surface area (Å²) in [4.78, 5) is 18.7. The van der Waals surface area contributed by atoms with Crippen molar-refractivity contribution in [3.05, 3.63) is 41.7 Å². The van der Waals surface area contributed by atoms with Gasteiger partial charge in [0.2, 0.25) is 5.82 Å². The number of nitrogens with zero attached hydrogens (tertiary/aromatic N) is 6. The first-order chi connectivity index (χ1) is 15.1. The number of ether oxygens (including phenoxy) is 1. The van der Waals surface area contributed by atoms with Crippen LogP contribution >= 0.6 is 0 Å². The first kappa shape index (κ1) is 22.8. The number of benzene rings is 1. The van der Waals surface area contributed by atoms with Crippen LogP contribution in [0.2, 0.25) is 0 Å². The topological polar surface area (TPSA) is 101 Å². The fourth-order valence-electron chi connectivity index (χ4n) is 4.05. The number of morpholine rings is 1. The standard InChI is InChI=1S/C20H27FN6O4S/c1-14-12-26(13-15(2)31-14)32(29,30)25-10-8-24(9-11-25)20(28)19-22-16(3)27(23-19)18-6-4-17(21)5-7-18/h4-7,14-15H,8-13H2,1-3H3. The van der Waals surface area contributed by atoms with Crippen LogP contribution in [0.4, 0.5) is 4.39 Å². The summed E-state index contributed by atoms with van der Waals surface area (Å²) in [6, 6.07) is 5.74. The van der Waals surface area contributed by atoms with Crippen LogP contribution in [0.1, 0.15) is 30.3 Å². The second-order valence-corrected chi connectivity index (χ2v) is 10.1. The van der Waals surface area contributed by atoms with Gasteiger partial charge in [-0.1, -0.05) is 0 Å². The Morgan fingerprint density at radius 2 is 1.62 bits per heavy atom. The number of hydrogen-bond acceptors (Lipinski definition) is 6. The zero-order chi connectivity index (χ0) is 23.0. The Morgan fingerprint density at radius 3 is 2.22 bits per heavy atom. The van der Waals surface area contributed by atoms with Crippen molar-refractivity contribution < 1.29 is 22.3 Å². The number of hydrogen-bond donors (Lipinski definition) is 0. The number of aryl methyl sites for hydroxylation is 1. The summed E-state index contributed by atoms with van der Waals surface area (Å²) in [5.41, 5.74) is 0.598. The molecule has 2 aliphatic heterocycles. The van der Waals surface area contributed by atoms with E-state index in [0.29, 0.717) is 24.6 Å². The summed E-state index contributed by atoms with van der Waals surface area (Å²) in [6.07, 6.45) is -0.330. The highest BCUT2D eigenvalue weighted by atomic mass is 32.2. The molecule has 4 rings (SSSR count). The quantitative estimate of drug-likeness (QED) is 0.662. The van der Waals surface area contributed by atoms with Crippen LogP contribution in [0.15, 0.2) is 24.3 Å². The molecule has 12 heteroatoms. The molecule has 2 aliphatic rings. The van der Waals surface area contributed by atoms with Crippen LogP contribution in [0.25, 0.3) is 5.69 Å². The highest BCUT2D eigenvalue weighted by molar-refractivity contribution is 7.86. The molecule has 0 radical (unpaired) electrons. The second kappa shape index (κ2) is 8.85. The van der Waals surface area contributed by atoms with E-state index >= 15 is 0 Å². The first-order valence-corrected chi connectivity index (χ1v) is 11.9. The average molecular weight is 467 g/mol. The van der Waals surface area contributed by atoms with Gasteiger partial charge in [-0.25, -0.2) is 14.1 Å². The maximum atomic E-state index is 13.2. The van der Waals surface area contributed by atoms with E-state index in [4.69, 9.17) is 4.74 Å². The zero-order valence-corrected chi connectivity index (χ0v) is 19.1. The summed E-state index contributed by atoms with van der Waals surface area (Å²) in [6.45, 7) is 6.95. The summed E-state index contributed by atoms with van der Waals surface area (Å²) in [5, 5.41) is 4.28. The molecule has 2 fully saturated rings. The summed E-state index contributed by atoms with van der Waals surface area (Å²) in [7, 11) is -3.62. The van der Waals surface area contributed by atoms with Crippen molar-refractivity contribution in [2.45, 2.75) is 33.0 Å². The Morgan fingerprint density at radius 1 is 1.03 bits per heavy atom. The third kappa shape index (κ3) is 4.53. The normalized spacial score (nSPS) is 23.4. The SMILES string of the molecule is Cc1nc(C(=O)N2CCN(S(=O)(=O)N3CC(C)OC(C)C3)CC2)nn1-c1ccc(F)cc1. The van der Waals surface area contributed by atoms with Crippen LogP contribution in [0.3, 0.4) is 0 Å². The van der Waals surface area contributed by atoms with Crippen molar-refractivity contribution in [1.82, 2.24) is 28.3 Å². The second-order valence-electron chi connectivity index (χ2n) is 8.14. The summed E-state index contributed by atoms with van der Waals surface area (Å²) in [5.74, 6) is -0.202. The van der Waals surface area contributed by atoms with Crippen molar-refractivity contribution >= 4 is 16.1 Å². The van der Waals surface area contributed by atoms with Crippen molar-refractivity contribution in [2.24, 2.45) is 0 Å². The van der Waals surface area contributed by atoms with Crippen LogP contribution in [-0.2, 0) is 14.9 Å². The molecular formula is C20H27FN6O4S. The maximum absolute atomic E-state index is 13.2. The van der Waals surface area contributed by atoms with Gasteiger partial charge in [-0.3, -0.25) is 4.79 Å². The predicted molar refractivity (Wildman–Crippen MR) is 114 cm³/mol. The van der Waals surface area contributed by atoms with E-state index in [9.17, 15) is 17.6 Å². The van der Waals surface area contributed by atoms with Gasteiger partial charge in [0.25, 0.3) is 16.1 Å². The lowest BCUT2D eigenvalue weighted by Crippen LogP contribution is -2.57. The number of aromatic nitrogens is 3. The molecule has 1 amide bonds. The van der Waals surface area contributed by atoms with Crippen molar-refractivity contribution in [3.63, 3.8) is 0 Å². The molecule has 32 heavy (non-hydrogen) atoms. The molecule has 10 nitrogen and oxygen atoms in total. The molecule has 2 saturated heterocycles. The summed E-state index contributed by atoms with van der Waals surface area (Å²) >= 11 is 0. The lowest BCUT2D eigenvalue weighted by Gasteiger charge is -2.40. The molecule has 0 aliphatic carbocycles. The van der Waals surface area contributed by atoms with E-state index in [0.717, 1.165) is 0 Å². The molecule has 2 unspecified atom stereocenters. The molecule has 0 spiro atoms. The minimum atomic E-state index is -3.62. The van der Waals surface area contributed by atoms with Gasteiger partial charge in [0, 0.05) is 39.3 Å². The van der Waals surface area contributed by atoms with Crippen LogP contribution in [0.5, 0.6) is 0 Å². The lowest BCUT2D eigenvalue weighted by molar-refractivity contribution is -0.0457. The molecule has 0 saturated carbocycles. The number of carbonyl (C=O) groups is 1. The minimum absolute atomic E-state index is 0.0268. The van der Waals surface area contributed by atoms with Gasteiger partial charge in [-0.2, -0.15) is 17.0 Å².